The van der Waals surface area contributed by atoms with Crippen molar-refractivity contribution >= 4 is 40.5 Å². The van der Waals surface area contributed by atoms with Crippen LogP contribution in [0.15, 0.2) is 48.7 Å². The molecule has 0 spiro atoms. The number of ether oxygens (including phenoxy) is 1. The number of halogens is 11. The first kappa shape index (κ1) is 48.1. The molecule has 0 saturated carbocycles. The third kappa shape index (κ3) is 10.9. The van der Waals surface area contributed by atoms with Crippen molar-refractivity contribution in [1.82, 2.24) is 25.5 Å². The van der Waals surface area contributed by atoms with Crippen LogP contribution in [0.5, 0.6) is 0 Å². The quantitative estimate of drug-likeness (QED) is 0.0650. The number of carbonyl (C=O) groups is 3. The van der Waals surface area contributed by atoms with Gasteiger partial charge in [0.25, 0.3) is 5.91 Å². The number of alkyl halides is 8. The molecule has 322 valence electrons. The minimum Gasteiger partial charge on any atom is -0.432 e. The summed E-state index contributed by atoms with van der Waals surface area (Å²) in [6.45, 7) is -2.41. The van der Waals surface area contributed by atoms with Crippen molar-refractivity contribution in [3.63, 3.8) is 0 Å². The van der Waals surface area contributed by atoms with Crippen molar-refractivity contribution in [2.24, 2.45) is 22.3 Å². The molecule has 0 aliphatic rings. The van der Waals surface area contributed by atoms with E-state index in [4.69, 9.17) is 16.2 Å². The number of hydrogen-bond donors (Lipinski definition) is 5. The van der Waals surface area contributed by atoms with Crippen LogP contribution in [-0.4, -0.2) is 80.5 Å². The van der Waals surface area contributed by atoms with Gasteiger partial charge in [0, 0.05) is 34.0 Å². The highest BCUT2D eigenvalue weighted by molar-refractivity contribution is 14.1. The zero-order chi connectivity index (χ0) is 44.3. The third-order valence-electron chi connectivity index (χ3n) is 9.85. The minimum absolute atomic E-state index is 0.202. The fourth-order valence-corrected chi connectivity index (χ4v) is 5.67. The molecule has 0 radical (unpaired) electrons. The number of benzene rings is 2. The van der Waals surface area contributed by atoms with Crippen LogP contribution in [0.1, 0.15) is 52.3 Å². The van der Waals surface area contributed by atoms with Gasteiger partial charge in [0.2, 0.25) is 11.5 Å². The molecule has 1 heterocycles. The zero-order valence-electron chi connectivity index (χ0n) is 31.3. The molecule has 3 amide bonds. The topological polar surface area (TPSA) is 178 Å². The number of hydrogen-bond acceptors (Lipinski definition) is 8. The van der Waals surface area contributed by atoms with Gasteiger partial charge in [-0.15, -0.1) is 0 Å². The van der Waals surface area contributed by atoms with Gasteiger partial charge in [0.05, 0.1) is 29.3 Å². The summed E-state index contributed by atoms with van der Waals surface area (Å²) in [4.78, 5) is 38.8. The largest absolute Gasteiger partial charge is 0.432 e. The highest BCUT2D eigenvalue weighted by atomic mass is 127. The van der Waals surface area contributed by atoms with Crippen LogP contribution in [0, 0.1) is 26.0 Å². The van der Waals surface area contributed by atoms with E-state index in [1.165, 1.54) is 12.1 Å². The first-order valence-corrected chi connectivity index (χ1v) is 18.0. The average molecular weight is 956 g/mol. The predicted octanol–water partition coefficient (Wildman–Crippen LogP) is 6.11. The molecule has 0 bridgehead atoms. The Labute approximate surface area is 338 Å². The Kier molecular flexibility index (Phi) is 14.9. The maximum absolute atomic E-state index is 15.7. The Morgan fingerprint density at radius 2 is 1.50 bits per heavy atom. The summed E-state index contributed by atoms with van der Waals surface area (Å²) >= 11 is 1.97. The molecule has 1 aromatic heterocycles. The first-order chi connectivity index (χ1) is 26.4. The van der Waals surface area contributed by atoms with E-state index in [9.17, 15) is 54.6 Å². The summed E-state index contributed by atoms with van der Waals surface area (Å²) in [5.74, 6) is -5.97. The maximum atomic E-state index is 15.7. The molecule has 58 heavy (non-hydrogen) atoms. The van der Waals surface area contributed by atoms with E-state index >= 15 is 8.78 Å². The third-order valence-corrected chi connectivity index (χ3v) is 10.6. The lowest BCUT2D eigenvalue weighted by Crippen LogP contribution is -2.65. The fourth-order valence-electron chi connectivity index (χ4n) is 5.31. The first-order valence-electron chi connectivity index (χ1n) is 16.9. The molecule has 2 unspecified atom stereocenters. The fraction of sp³-hybridized carbons (Fsp3) is 0.486. The van der Waals surface area contributed by atoms with Crippen LogP contribution < -0.4 is 22.2 Å². The van der Waals surface area contributed by atoms with Crippen molar-refractivity contribution in [3.05, 3.63) is 75.0 Å². The zero-order valence-corrected chi connectivity index (χ0v) is 33.4. The molecule has 0 saturated heterocycles. The Morgan fingerprint density at radius 3 is 1.97 bits per heavy atom. The Morgan fingerprint density at radius 1 is 0.948 bits per heavy atom. The van der Waals surface area contributed by atoms with E-state index in [1.807, 2.05) is 28.0 Å². The number of amides is 3. The van der Waals surface area contributed by atoms with E-state index in [2.05, 4.69) is 10.4 Å². The van der Waals surface area contributed by atoms with E-state index in [-0.39, 0.29) is 22.4 Å². The van der Waals surface area contributed by atoms with Gasteiger partial charge < -0.3 is 26.6 Å². The van der Waals surface area contributed by atoms with Gasteiger partial charge in [-0.1, -0.05) is 12.1 Å². The number of carbonyl (C=O) groups excluding carboxylic acids is 3. The summed E-state index contributed by atoms with van der Waals surface area (Å²) in [5.41, 5.74) is 2.35. The van der Waals surface area contributed by atoms with Crippen LogP contribution >= 0.6 is 22.6 Å². The van der Waals surface area contributed by atoms with Gasteiger partial charge in [-0.2, -0.15) is 40.2 Å². The van der Waals surface area contributed by atoms with Crippen molar-refractivity contribution in [3.8, 4) is 11.3 Å². The van der Waals surface area contributed by atoms with Crippen LogP contribution in [0.4, 0.5) is 48.7 Å². The lowest BCUT2D eigenvalue weighted by atomic mass is 9.74. The van der Waals surface area contributed by atoms with Crippen LogP contribution in [0.3, 0.4) is 0 Å². The molecular weight excluding hydrogens is 915 g/mol. The second-order valence-corrected chi connectivity index (χ2v) is 15.7. The average Bonchev–Trinajstić information content (AvgIpc) is 3.59. The minimum atomic E-state index is -5.27. The molecular formula is C35H40F10IN7O5. The number of aliphatic hydroxyl groups is 1. The van der Waals surface area contributed by atoms with Gasteiger partial charge in [0.1, 0.15) is 17.0 Å². The van der Waals surface area contributed by atoms with Gasteiger partial charge in [-0.25, -0.2) is 23.3 Å². The molecule has 0 aliphatic heterocycles. The molecule has 0 aliphatic carbocycles. The second kappa shape index (κ2) is 17.9. The summed E-state index contributed by atoms with van der Waals surface area (Å²) in [6, 6.07) is 4.82. The van der Waals surface area contributed by atoms with Crippen LogP contribution in [-0.2, 0) is 27.3 Å². The molecule has 7 N–H and O–H groups in total. The summed E-state index contributed by atoms with van der Waals surface area (Å²) in [7, 11) is 0. The number of primary amides is 1. The molecule has 2 aromatic carbocycles. The lowest BCUT2D eigenvalue weighted by molar-refractivity contribution is -0.262. The SMILES string of the molecule is CC(OC(N)=O)(C(=O)NN(Cc1c(F)cc(-c2ccn(C(F)F)n2)cc1F)C[C@H](O)[C@H](Cc1ccc(I)cc1)NC(=O)C(N)C(C)(C)C(F)(F)F)C(C)(C)C(F)(F)F. The normalized spacial score (nSPS) is 15.4. The van der Waals surface area contributed by atoms with Gasteiger partial charge in [0.15, 0.2) is 0 Å². The highest BCUT2D eigenvalue weighted by Gasteiger charge is 2.65. The predicted molar refractivity (Wildman–Crippen MR) is 195 cm³/mol. The number of nitrogens with one attached hydrogen (secondary N) is 2. The Balaban J connectivity index is 2.13. The van der Waals surface area contributed by atoms with E-state index in [0.717, 1.165) is 15.8 Å². The van der Waals surface area contributed by atoms with Gasteiger partial charge >= 0.3 is 25.0 Å². The molecule has 4 atom stereocenters. The summed E-state index contributed by atoms with van der Waals surface area (Å²) in [6.07, 6.45) is -13.6. The standard InChI is InChI=1S/C35H40F10IN7O5/c1-31(2,34(40,41)42)26(47)27(55)49-24(12-17-6-8-19(46)9-7-17)25(54)16-52(51-28(56)33(5,58-30(48)57)32(3,4)35(43,44)45)15-20-21(36)13-18(14-22(20)37)23-10-11-53(50-23)29(38)39/h6-11,13-14,24-26,29,54H,12,15-16,47H2,1-5H3,(H2,48,57)(H,49,55)(H,51,56)/t24-,25-,26?,33?/m0/s1. The van der Waals surface area contributed by atoms with Crippen molar-refractivity contribution in [1.29, 1.82) is 0 Å². The Hall–Kier alpha value is -4.23. The molecule has 23 heteroatoms. The van der Waals surface area contributed by atoms with E-state index in [1.54, 1.807) is 12.1 Å². The van der Waals surface area contributed by atoms with Crippen molar-refractivity contribution in [2.45, 2.75) is 90.3 Å². The van der Waals surface area contributed by atoms with Crippen LogP contribution in [0.2, 0.25) is 0 Å². The number of rotatable bonds is 16. The number of nitrogens with zero attached hydrogens (tertiary/aromatic N) is 3. The second-order valence-electron chi connectivity index (χ2n) is 14.5. The van der Waals surface area contributed by atoms with Gasteiger partial charge in [-0.3, -0.25) is 15.0 Å². The van der Waals surface area contributed by atoms with Crippen LogP contribution in [0.25, 0.3) is 11.3 Å². The molecule has 3 aromatic rings. The van der Waals surface area contributed by atoms with E-state index < -0.39 is 102 Å². The Bertz CT molecular complexity index is 1920. The summed E-state index contributed by atoms with van der Waals surface area (Å²) in [5, 5.41) is 17.8. The van der Waals surface area contributed by atoms with E-state index in [0.29, 0.717) is 57.3 Å². The smallest absolute Gasteiger partial charge is 0.405 e. The summed E-state index contributed by atoms with van der Waals surface area (Å²) < 4.78 is 148. The molecule has 0 fully saturated rings. The lowest BCUT2D eigenvalue weighted by Gasteiger charge is -2.43. The molecule has 12 nitrogen and oxygen atoms in total. The number of aromatic nitrogens is 2. The molecule has 3 rings (SSSR count). The number of nitrogens with two attached hydrogens (primary N) is 2. The number of aliphatic hydroxyl groups excluding tert-OH is 1. The van der Waals surface area contributed by atoms with Crippen molar-refractivity contribution in [2.75, 3.05) is 6.54 Å². The highest BCUT2D eigenvalue weighted by Crippen LogP contribution is 2.48. The van der Waals surface area contributed by atoms with Gasteiger partial charge in [-0.05, 0) is 99.5 Å². The van der Waals surface area contributed by atoms with Crippen molar-refractivity contribution < 1.29 is 68.1 Å². The number of hydrazine groups is 1. The monoisotopic (exact) mass is 955 g/mol. The maximum Gasteiger partial charge on any atom is 0.405 e.